The highest BCUT2D eigenvalue weighted by molar-refractivity contribution is 9.10. The number of furan rings is 1. The van der Waals surface area contributed by atoms with E-state index in [4.69, 9.17) is 14.1 Å². The van der Waals surface area contributed by atoms with Gasteiger partial charge in [-0.25, -0.2) is 4.99 Å². The molecule has 1 aliphatic rings. The van der Waals surface area contributed by atoms with E-state index in [1.807, 2.05) is 6.07 Å². The van der Waals surface area contributed by atoms with Crippen molar-refractivity contribution in [2.45, 2.75) is 46.6 Å². The van der Waals surface area contributed by atoms with Crippen LogP contribution < -0.4 is 10.1 Å². The van der Waals surface area contributed by atoms with E-state index in [-0.39, 0.29) is 17.1 Å². The van der Waals surface area contributed by atoms with Crippen molar-refractivity contribution in [2.75, 3.05) is 7.11 Å². The lowest BCUT2D eigenvalue weighted by molar-refractivity contribution is 0.0947. The fraction of sp³-hybridized carbons (Fsp3) is 0.385. The number of amides is 1. The largest absolute Gasteiger partial charge is 0.503 e. The Labute approximate surface area is 212 Å². The second kappa shape index (κ2) is 9.96. The molecular formula is C26H29BrN2O4S. The molecule has 1 atom stereocenters. The molecule has 0 saturated heterocycles. The maximum atomic E-state index is 13.3. The quantitative estimate of drug-likeness (QED) is 0.340. The first kappa shape index (κ1) is 24.5. The second-order valence-corrected chi connectivity index (χ2v) is 11.5. The van der Waals surface area contributed by atoms with Crippen LogP contribution in [-0.4, -0.2) is 24.3 Å². The average Bonchev–Trinajstić information content (AvgIpc) is 3.44. The molecule has 3 aromatic rings. The van der Waals surface area contributed by atoms with Crippen molar-refractivity contribution in [3.63, 3.8) is 0 Å². The summed E-state index contributed by atoms with van der Waals surface area (Å²) in [5, 5.41) is 13.8. The Balaban J connectivity index is 1.68. The van der Waals surface area contributed by atoms with E-state index >= 15 is 0 Å². The van der Waals surface area contributed by atoms with Crippen molar-refractivity contribution in [2.24, 2.45) is 16.3 Å². The summed E-state index contributed by atoms with van der Waals surface area (Å²) in [6.45, 7) is 7.17. The number of fused-ring (bicyclic) bond motifs is 1. The van der Waals surface area contributed by atoms with Gasteiger partial charge in [-0.1, -0.05) is 20.8 Å². The van der Waals surface area contributed by atoms with Gasteiger partial charge in [0, 0.05) is 11.1 Å². The number of nitrogens with one attached hydrogen (secondary N) is 1. The molecular weight excluding hydrogens is 516 g/mol. The minimum absolute atomic E-state index is 0.0393. The first-order valence-electron chi connectivity index (χ1n) is 11.2. The van der Waals surface area contributed by atoms with Gasteiger partial charge in [-0.15, -0.1) is 11.3 Å². The number of thiophene rings is 1. The van der Waals surface area contributed by atoms with Crippen molar-refractivity contribution in [1.29, 1.82) is 0 Å². The molecule has 8 heteroatoms. The number of hydrogen-bond donors (Lipinski definition) is 2. The van der Waals surface area contributed by atoms with Gasteiger partial charge in [-0.3, -0.25) is 4.79 Å². The molecule has 1 amide bonds. The Morgan fingerprint density at radius 2 is 2.21 bits per heavy atom. The fourth-order valence-electron chi connectivity index (χ4n) is 4.26. The summed E-state index contributed by atoms with van der Waals surface area (Å²) in [4.78, 5) is 19.3. The van der Waals surface area contributed by atoms with Gasteiger partial charge in [-0.2, -0.15) is 0 Å². The smallest absolute Gasteiger partial charge is 0.255 e. The van der Waals surface area contributed by atoms with Crippen LogP contribution in [0.25, 0.3) is 0 Å². The van der Waals surface area contributed by atoms with E-state index in [2.05, 4.69) is 42.0 Å². The van der Waals surface area contributed by atoms with Gasteiger partial charge in [0.1, 0.15) is 10.8 Å². The fourth-order valence-corrected chi connectivity index (χ4v) is 5.99. The van der Waals surface area contributed by atoms with Crippen LogP contribution in [0.1, 0.15) is 59.3 Å². The molecule has 0 aliphatic heterocycles. The van der Waals surface area contributed by atoms with Crippen molar-refractivity contribution in [1.82, 2.24) is 5.32 Å². The molecule has 2 heterocycles. The number of ether oxygens (including phenoxy) is 1. The highest BCUT2D eigenvalue weighted by atomic mass is 79.9. The topological polar surface area (TPSA) is 84.1 Å². The molecule has 0 saturated carbocycles. The number of methoxy groups -OCH3 is 1. The maximum Gasteiger partial charge on any atom is 0.255 e. The van der Waals surface area contributed by atoms with Crippen LogP contribution >= 0.6 is 27.3 Å². The zero-order valence-electron chi connectivity index (χ0n) is 19.8. The highest BCUT2D eigenvalue weighted by Gasteiger charge is 2.33. The van der Waals surface area contributed by atoms with E-state index in [0.717, 1.165) is 30.4 Å². The number of phenolic OH excluding ortho intramolecular Hbond substituents is 1. The van der Waals surface area contributed by atoms with Gasteiger partial charge >= 0.3 is 0 Å². The summed E-state index contributed by atoms with van der Waals surface area (Å²) < 4.78 is 11.1. The number of aliphatic imine (C=N–C) groups is 1. The standard InChI is InChI=1S/C26H29BrN2O4S/c1-26(2,3)16-7-8-18-21(12-16)34-25(22(18)24(31)28-14-17-6-5-9-33-17)29-13-15-10-19(27)23(30)20(11-15)32-4/h5-6,9-11,13,16,30H,7-8,12,14H2,1-4H3,(H,28,31)/t16-/m0/s1. The van der Waals surface area contributed by atoms with Gasteiger partial charge in [0.2, 0.25) is 0 Å². The van der Waals surface area contributed by atoms with E-state index in [9.17, 15) is 9.90 Å². The maximum absolute atomic E-state index is 13.3. The van der Waals surface area contributed by atoms with E-state index < -0.39 is 0 Å². The van der Waals surface area contributed by atoms with Gasteiger partial charge in [0.15, 0.2) is 11.5 Å². The van der Waals surface area contributed by atoms with Crippen LogP contribution in [0.4, 0.5) is 5.00 Å². The molecule has 2 aromatic heterocycles. The predicted molar refractivity (Wildman–Crippen MR) is 139 cm³/mol. The molecule has 0 fully saturated rings. The molecule has 0 unspecified atom stereocenters. The molecule has 34 heavy (non-hydrogen) atoms. The molecule has 1 aromatic carbocycles. The van der Waals surface area contributed by atoms with E-state index in [1.165, 1.54) is 12.0 Å². The lowest BCUT2D eigenvalue weighted by Gasteiger charge is -2.33. The number of phenols is 1. The number of benzene rings is 1. The molecule has 4 rings (SSSR count). The van der Waals surface area contributed by atoms with Crippen LogP contribution in [0.3, 0.4) is 0 Å². The zero-order chi connectivity index (χ0) is 24.5. The van der Waals surface area contributed by atoms with Crippen molar-refractivity contribution >= 4 is 44.4 Å². The summed E-state index contributed by atoms with van der Waals surface area (Å²) in [6, 6.07) is 7.12. The molecule has 1 aliphatic carbocycles. The molecule has 0 radical (unpaired) electrons. The van der Waals surface area contributed by atoms with Crippen molar-refractivity contribution < 1.29 is 19.1 Å². The number of nitrogens with zero attached hydrogens (tertiary/aromatic N) is 1. The Hall–Kier alpha value is -2.58. The normalized spacial score (nSPS) is 16.0. The Kier molecular flexibility index (Phi) is 7.19. The van der Waals surface area contributed by atoms with Crippen molar-refractivity contribution in [3.05, 3.63) is 62.3 Å². The predicted octanol–water partition coefficient (Wildman–Crippen LogP) is 6.65. The minimum Gasteiger partial charge on any atom is -0.503 e. The molecule has 180 valence electrons. The second-order valence-electron chi connectivity index (χ2n) is 9.56. The Morgan fingerprint density at radius 3 is 2.88 bits per heavy atom. The summed E-state index contributed by atoms with van der Waals surface area (Å²) >= 11 is 4.95. The molecule has 0 bridgehead atoms. The zero-order valence-corrected chi connectivity index (χ0v) is 22.2. The number of carbonyl (C=O) groups excluding carboxylic acids is 1. The van der Waals surface area contributed by atoms with E-state index in [0.29, 0.717) is 39.0 Å². The lowest BCUT2D eigenvalue weighted by atomic mass is 9.72. The summed E-state index contributed by atoms with van der Waals surface area (Å²) in [7, 11) is 1.50. The molecule has 0 spiro atoms. The number of halogens is 1. The van der Waals surface area contributed by atoms with E-state index in [1.54, 1.807) is 42.0 Å². The number of aromatic hydroxyl groups is 1. The summed E-state index contributed by atoms with van der Waals surface area (Å²) in [6.07, 6.45) is 6.17. The van der Waals surface area contributed by atoms with Gasteiger partial charge < -0.3 is 19.6 Å². The van der Waals surface area contributed by atoms with Crippen LogP contribution in [-0.2, 0) is 19.4 Å². The third kappa shape index (κ3) is 5.23. The third-order valence-corrected chi connectivity index (χ3v) is 8.07. The monoisotopic (exact) mass is 544 g/mol. The average molecular weight is 545 g/mol. The van der Waals surface area contributed by atoms with Gasteiger partial charge in [0.25, 0.3) is 5.91 Å². The van der Waals surface area contributed by atoms with Crippen LogP contribution in [0.2, 0.25) is 0 Å². The van der Waals surface area contributed by atoms with Crippen LogP contribution in [0.15, 0.2) is 44.4 Å². The summed E-state index contributed by atoms with van der Waals surface area (Å²) in [5.41, 5.74) is 2.73. The third-order valence-electron chi connectivity index (χ3n) is 6.30. The first-order valence-corrected chi connectivity index (χ1v) is 12.8. The number of carbonyl (C=O) groups is 1. The van der Waals surface area contributed by atoms with Gasteiger partial charge in [0.05, 0.1) is 30.0 Å². The lowest BCUT2D eigenvalue weighted by Crippen LogP contribution is -2.28. The summed E-state index contributed by atoms with van der Waals surface area (Å²) in [5.74, 6) is 1.52. The highest BCUT2D eigenvalue weighted by Crippen LogP contribution is 2.45. The minimum atomic E-state index is -0.139. The van der Waals surface area contributed by atoms with Crippen LogP contribution in [0.5, 0.6) is 11.5 Å². The van der Waals surface area contributed by atoms with Gasteiger partial charge in [-0.05, 0) is 81.9 Å². The molecule has 6 nitrogen and oxygen atoms in total. The first-order chi connectivity index (χ1) is 16.2. The Bertz CT molecular complexity index is 1210. The number of rotatable bonds is 6. The van der Waals surface area contributed by atoms with Crippen LogP contribution in [0, 0.1) is 11.3 Å². The molecule has 2 N–H and O–H groups in total. The SMILES string of the molecule is COc1cc(C=Nc2sc3c(c2C(=O)NCc2ccco2)CC[C@H](C(C)(C)C)C3)cc(Br)c1O. The Morgan fingerprint density at radius 1 is 1.41 bits per heavy atom. The number of hydrogen-bond acceptors (Lipinski definition) is 6. The van der Waals surface area contributed by atoms with Crippen molar-refractivity contribution in [3.8, 4) is 11.5 Å².